The first-order valence-electron chi connectivity index (χ1n) is 10.5. The van der Waals surface area contributed by atoms with Gasteiger partial charge in [0.1, 0.15) is 5.75 Å². The number of hydrogen-bond donors (Lipinski definition) is 2. The van der Waals surface area contributed by atoms with Gasteiger partial charge >= 0.3 is 0 Å². The summed E-state index contributed by atoms with van der Waals surface area (Å²) in [5, 5.41) is 6.61. The standard InChI is InChI=1S/C24H27N5O2/c1-31-22-8-6-19(7-9-22)23(30)28-21-5-2-4-18(16-21)17-27-20-10-14-29(15-11-20)24-25-12-3-13-26-24/h2-9,12-13,16,20,27H,10-11,14-15,17H2,1H3,(H,28,30). The van der Waals surface area contributed by atoms with Crippen molar-refractivity contribution in [2.24, 2.45) is 0 Å². The lowest BCUT2D eigenvalue weighted by Gasteiger charge is -2.32. The molecule has 31 heavy (non-hydrogen) atoms. The lowest BCUT2D eigenvalue weighted by atomic mass is 10.0. The van der Waals surface area contributed by atoms with E-state index in [2.05, 4.69) is 31.6 Å². The number of anilines is 2. The number of methoxy groups -OCH3 is 1. The zero-order chi connectivity index (χ0) is 21.5. The Morgan fingerprint density at radius 2 is 1.81 bits per heavy atom. The van der Waals surface area contributed by atoms with Gasteiger partial charge < -0.3 is 20.3 Å². The molecule has 7 nitrogen and oxygen atoms in total. The highest BCUT2D eigenvalue weighted by molar-refractivity contribution is 6.04. The molecule has 160 valence electrons. The van der Waals surface area contributed by atoms with Crippen LogP contribution in [0.2, 0.25) is 0 Å². The van der Waals surface area contributed by atoms with E-state index in [4.69, 9.17) is 4.74 Å². The van der Waals surface area contributed by atoms with Gasteiger partial charge in [0.05, 0.1) is 7.11 Å². The summed E-state index contributed by atoms with van der Waals surface area (Å²) in [6.07, 6.45) is 5.67. The van der Waals surface area contributed by atoms with Gasteiger partial charge in [-0.05, 0) is 60.9 Å². The van der Waals surface area contributed by atoms with Crippen LogP contribution in [0.4, 0.5) is 11.6 Å². The summed E-state index contributed by atoms with van der Waals surface area (Å²) in [6, 6.07) is 17.3. The molecule has 0 saturated carbocycles. The van der Waals surface area contributed by atoms with E-state index in [9.17, 15) is 4.79 Å². The number of carbonyl (C=O) groups excluding carboxylic acids is 1. The number of carbonyl (C=O) groups is 1. The van der Waals surface area contributed by atoms with Gasteiger partial charge in [-0.3, -0.25) is 4.79 Å². The minimum Gasteiger partial charge on any atom is -0.497 e. The third-order valence-electron chi connectivity index (χ3n) is 5.46. The Morgan fingerprint density at radius 3 is 2.52 bits per heavy atom. The highest BCUT2D eigenvalue weighted by Crippen LogP contribution is 2.18. The van der Waals surface area contributed by atoms with E-state index in [1.54, 1.807) is 43.8 Å². The number of hydrogen-bond acceptors (Lipinski definition) is 6. The predicted molar refractivity (Wildman–Crippen MR) is 121 cm³/mol. The molecule has 1 amide bonds. The fourth-order valence-electron chi connectivity index (χ4n) is 3.71. The van der Waals surface area contributed by atoms with Crippen molar-refractivity contribution < 1.29 is 9.53 Å². The molecule has 0 atom stereocenters. The van der Waals surface area contributed by atoms with Crippen LogP contribution < -0.4 is 20.3 Å². The Bertz CT molecular complexity index is 986. The average molecular weight is 418 g/mol. The lowest BCUT2D eigenvalue weighted by molar-refractivity contribution is 0.102. The highest BCUT2D eigenvalue weighted by Gasteiger charge is 2.20. The molecule has 0 unspecified atom stereocenters. The van der Waals surface area contributed by atoms with Gasteiger partial charge in [-0.15, -0.1) is 0 Å². The molecule has 1 fully saturated rings. The van der Waals surface area contributed by atoms with E-state index < -0.39 is 0 Å². The van der Waals surface area contributed by atoms with E-state index >= 15 is 0 Å². The number of nitrogens with one attached hydrogen (secondary N) is 2. The molecule has 1 aliphatic rings. The Hall–Kier alpha value is -3.45. The topological polar surface area (TPSA) is 79.4 Å². The van der Waals surface area contributed by atoms with E-state index in [1.807, 2.05) is 24.3 Å². The fourth-order valence-corrected chi connectivity index (χ4v) is 3.71. The second kappa shape index (κ2) is 10.0. The van der Waals surface area contributed by atoms with E-state index in [0.717, 1.165) is 55.4 Å². The van der Waals surface area contributed by atoms with Crippen LogP contribution in [0.25, 0.3) is 0 Å². The molecule has 7 heteroatoms. The third-order valence-corrected chi connectivity index (χ3v) is 5.46. The fraction of sp³-hybridized carbons (Fsp3) is 0.292. The second-order valence-corrected chi connectivity index (χ2v) is 7.57. The maximum atomic E-state index is 12.5. The second-order valence-electron chi connectivity index (χ2n) is 7.57. The van der Waals surface area contributed by atoms with Gasteiger partial charge in [0, 0.05) is 49.3 Å². The zero-order valence-electron chi connectivity index (χ0n) is 17.6. The lowest BCUT2D eigenvalue weighted by Crippen LogP contribution is -2.42. The van der Waals surface area contributed by atoms with Crippen LogP contribution in [0.3, 0.4) is 0 Å². The molecular formula is C24H27N5O2. The summed E-state index contributed by atoms with van der Waals surface area (Å²) in [5.41, 5.74) is 2.52. The van der Waals surface area contributed by atoms with Gasteiger partial charge in [-0.2, -0.15) is 0 Å². The third kappa shape index (κ3) is 5.58. The molecule has 4 rings (SSSR count). The molecule has 0 spiro atoms. The minimum atomic E-state index is -0.136. The van der Waals surface area contributed by atoms with E-state index in [-0.39, 0.29) is 5.91 Å². The molecule has 3 aromatic rings. The van der Waals surface area contributed by atoms with Crippen molar-refractivity contribution in [2.75, 3.05) is 30.4 Å². The van der Waals surface area contributed by atoms with Gasteiger partial charge in [-0.1, -0.05) is 12.1 Å². The largest absolute Gasteiger partial charge is 0.497 e. The van der Waals surface area contributed by atoms with Crippen LogP contribution in [0, 0.1) is 0 Å². The molecule has 1 aromatic heterocycles. The van der Waals surface area contributed by atoms with Crippen LogP contribution >= 0.6 is 0 Å². The molecular weight excluding hydrogens is 390 g/mol. The van der Waals surface area contributed by atoms with Crippen molar-refractivity contribution in [3.05, 3.63) is 78.1 Å². The van der Waals surface area contributed by atoms with Gasteiger partial charge in [0.15, 0.2) is 0 Å². The molecule has 2 heterocycles. The number of rotatable bonds is 7. The van der Waals surface area contributed by atoms with Gasteiger partial charge in [0.2, 0.25) is 5.95 Å². The van der Waals surface area contributed by atoms with Crippen LogP contribution in [-0.4, -0.2) is 42.1 Å². The molecule has 2 aromatic carbocycles. The van der Waals surface area contributed by atoms with Gasteiger partial charge in [-0.25, -0.2) is 9.97 Å². The maximum Gasteiger partial charge on any atom is 0.255 e. The zero-order valence-corrected chi connectivity index (χ0v) is 17.6. The summed E-state index contributed by atoms with van der Waals surface area (Å²) in [6.45, 7) is 2.65. The first-order chi connectivity index (χ1) is 15.2. The van der Waals surface area contributed by atoms with E-state index in [0.29, 0.717) is 11.6 Å². The molecule has 1 saturated heterocycles. The van der Waals surface area contributed by atoms with Crippen LogP contribution in [-0.2, 0) is 6.54 Å². The Balaban J connectivity index is 1.27. The first-order valence-corrected chi connectivity index (χ1v) is 10.5. The number of ether oxygens (including phenoxy) is 1. The smallest absolute Gasteiger partial charge is 0.255 e. The quantitative estimate of drug-likeness (QED) is 0.613. The first kappa shape index (κ1) is 20.8. The van der Waals surface area contributed by atoms with Crippen molar-refractivity contribution >= 4 is 17.5 Å². The Morgan fingerprint density at radius 1 is 1.06 bits per heavy atom. The molecule has 0 radical (unpaired) electrons. The number of aromatic nitrogens is 2. The molecule has 2 N–H and O–H groups in total. The monoisotopic (exact) mass is 417 g/mol. The normalized spacial score (nSPS) is 14.3. The van der Waals surface area contributed by atoms with Crippen LogP contribution in [0.5, 0.6) is 5.75 Å². The summed E-state index contributed by atoms with van der Waals surface area (Å²) in [4.78, 5) is 23.4. The maximum absolute atomic E-state index is 12.5. The summed E-state index contributed by atoms with van der Waals surface area (Å²) in [5.74, 6) is 1.40. The summed E-state index contributed by atoms with van der Waals surface area (Å²) < 4.78 is 5.14. The number of piperidine rings is 1. The van der Waals surface area contributed by atoms with E-state index in [1.165, 1.54) is 0 Å². The van der Waals surface area contributed by atoms with Crippen LogP contribution in [0.1, 0.15) is 28.8 Å². The number of amides is 1. The van der Waals surface area contributed by atoms with Crippen LogP contribution in [0.15, 0.2) is 67.0 Å². The van der Waals surface area contributed by atoms with Crippen molar-refractivity contribution in [3.8, 4) is 5.75 Å². The predicted octanol–water partition coefficient (Wildman–Crippen LogP) is 3.50. The van der Waals surface area contributed by atoms with Crippen molar-refractivity contribution in [1.29, 1.82) is 0 Å². The minimum absolute atomic E-state index is 0.136. The summed E-state index contributed by atoms with van der Waals surface area (Å²) >= 11 is 0. The Labute approximate surface area is 182 Å². The number of benzene rings is 2. The molecule has 0 bridgehead atoms. The van der Waals surface area contributed by atoms with Crippen molar-refractivity contribution in [3.63, 3.8) is 0 Å². The SMILES string of the molecule is COc1ccc(C(=O)Nc2cccc(CNC3CCN(c4ncccn4)CC3)c2)cc1. The van der Waals surface area contributed by atoms with Crippen molar-refractivity contribution in [2.45, 2.75) is 25.4 Å². The average Bonchev–Trinajstić information content (AvgIpc) is 2.84. The molecule has 0 aliphatic carbocycles. The Kier molecular flexibility index (Phi) is 6.74. The number of nitrogens with zero attached hydrogens (tertiary/aromatic N) is 3. The highest BCUT2D eigenvalue weighted by atomic mass is 16.5. The summed E-state index contributed by atoms with van der Waals surface area (Å²) in [7, 11) is 1.61. The van der Waals surface area contributed by atoms with Crippen molar-refractivity contribution in [1.82, 2.24) is 15.3 Å². The van der Waals surface area contributed by atoms with Gasteiger partial charge in [0.25, 0.3) is 5.91 Å². The molecule has 1 aliphatic heterocycles.